The molecule has 1 aliphatic rings. The van der Waals surface area contributed by atoms with Crippen molar-refractivity contribution < 1.29 is 0 Å². The molecule has 0 N–H and O–H groups in total. The SMILES string of the molecule is Cc1nnc2n1-c1sc(CCn3cncn3)cc1C(c1ccccc1Cl)=NC2. The van der Waals surface area contributed by atoms with Gasteiger partial charge in [-0.2, -0.15) is 5.10 Å². The first-order valence-electron chi connectivity index (χ1n) is 8.87. The van der Waals surface area contributed by atoms with Gasteiger partial charge in [0.25, 0.3) is 0 Å². The lowest BCUT2D eigenvalue weighted by Gasteiger charge is -2.08. The number of thiophene rings is 1. The van der Waals surface area contributed by atoms with Gasteiger partial charge in [0.1, 0.15) is 30.0 Å². The Morgan fingerprint density at radius 2 is 2.07 bits per heavy atom. The number of halogens is 1. The number of nitrogens with zero attached hydrogens (tertiary/aromatic N) is 7. The van der Waals surface area contributed by atoms with Crippen molar-refractivity contribution in [1.82, 2.24) is 29.5 Å². The maximum absolute atomic E-state index is 6.50. The Labute approximate surface area is 170 Å². The van der Waals surface area contributed by atoms with Crippen LogP contribution in [0.25, 0.3) is 5.00 Å². The number of aromatic nitrogens is 6. The highest BCUT2D eigenvalue weighted by Crippen LogP contribution is 2.34. The number of aryl methyl sites for hydroxylation is 3. The van der Waals surface area contributed by atoms with Crippen LogP contribution in [0.1, 0.15) is 27.7 Å². The molecule has 1 aliphatic heterocycles. The maximum Gasteiger partial charge on any atom is 0.160 e. The summed E-state index contributed by atoms with van der Waals surface area (Å²) in [6.45, 7) is 3.21. The van der Waals surface area contributed by atoms with Crippen LogP contribution < -0.4 is 0 Å². The van der Waals surface area contributed by atoms with Crippen molar-refractivity contribution in [2.24, 2.45) is 4.99 Å². The van der Waals surface area contributed by atoms with Gasteiger partial charge in [-0.25, -0.2) is 4.98 Å². The topological polar surface area (TPSA) is 73.8 Å². The molecular formula is C19H16ClN7S. The molecule has 0 unspecified atom stereocenters. The van der Waals surface area contributed by atoms with Crippen LogP contribution >= 0.6 is 22.9 Å². The Hall–Kier alpha value is -2.84. The monoisotopic (exact) mass is 409 g/mol. The van der Waals surface area contributed by atoms with Gasteiger partial charge in [-0.15, -0.1) is 21.5 Å². The fourth-order valence-corrected chi connectivity index (χ4v) is 4.79. The minimum atomic E-state index is 0.469. The molecular weight excluding hydrogens is 394 g/mol. The molecule has 5 rings (SSSR count). The van der Waals surface area contributed by atoms with E-state index in [1.807, 2.05) is 35.9 Å². The molecule has 0 bridgehead atoms. The zero-order chi connectivity index (χ0) is 19.1. The molecule has 4 heterocycles. The third-order valence-corrected chi connectivity index (χ3v) is 6.18. The lowest BCUT2D eigenvalue weighted by atomic mass is 10.0. The van der Waals surface area contributed by atoms with Crippen LogP contribution in [0, 0.1) is 6.92 Å². The second kappa shape index (κ2) is 6.96. The van der Waals surface area contributed by atoms with Gasteiger partial charge in [0.05, 0.1) is 5.71 Å². The Morgan fingerprint density at radius 1 is 1.18 bits per heavy atom. The Kier molecular flexibility index (Phi) is 4.29. The summed E-state index contributed by atoms with van der Waals surface area (Å²) in [6.07, 6.45) is 4.14. The van der Waals surface area contributed by atoms with Crippen molar-refractivity contribution in [1.29, 1.82) is 0 Å². The van der Waals surface area contributed by atoms with E-state index in [2.05, 4.69) is 30.9 Å². The molecule has 0 radical (unpaired) electrons. The number of hydrogen-bond donors (Lipinski definition) is 0. The minimum Gasteiger partial charge on any atom is -0.276 e. The highest BCUT2D eigenvalue weighted by molar-refractivity contribution is 7.15. The van der Waals surface area contributed by atoms with Crippen LogP contribution in [0.2, 0.25) is 5.02 Å². The van der Waals surface area contributed by atoms with Crippen LogP contribution in [0.5, 0.6) is 0 Å². The first-order valence-corrected chi connectivity index (χ1v) is 10.1. The maximum atomic E-state index is 6.50. The highest BCUT2D eigenvalue weighted by Gasteiger charge is 2.25. The molecule has 7 nitrogen and oxygen atoms in total. The molecule has 0 saturated heterocycles. The van der Waals surface area contributed by atoms with Gasteiger partial charge >= 0.3 is 0 Å². The molecule has 0 amide bonds. The van der Waals surface area contributed by atoms with Gasteiger partial charge in [-0.1, -0.05) is 29.8 Å². The molecule has 28 heavy (non-hydrogen) atoms. The van der Waals surface area contributed by atoms with Gasteiger partial charge in [0, 0.05) is 34.0 Å². The van der Waals surface area contributed by atoms with Crippen LogP contribution in [-0.2, 0) is 19.5 Å². The lowest BCUT2D eigenvalue weighted by Crippen LogP contribution is -2.05. The standard InChI is InChI=1S/C19H16ClN7S/c1-12-24-25-17-9-22-18(14-4-2-3-5-16(14)20)15-8-13(28-19(15)27(12)17)6-7-26-11-21-10-23-26/h2-5,8,10-11H,6-7,9H2,1H3. The van der Waals surface area contributed by atoms with E-state index in [9.17, 15) is 0 Å². The smallest absolute Gasteiger partial charge is 0.160 e. The summed E-state index contributed by atoms with van der Waals surface area (Å²) < 4.78 is 3.94. The lowest BCUT2D eigenvalue weighted by molar-refractivity contribution is 0.617. The minimum absolute atomic E-state index is 0.469. The Balaban J connectivity index is 1.62. The number of hydrogen-bond acceptors (Lipinski definition) is 6. The van der Waals surface area contributed by atoms with E-state index in [0.29, 0.717) is 11.6 Å². The summed E-state index contributed by atoms with van der Waals surface area (Å²) in [5.74, 6) is 1.70. The van der Waals surface area contributed by atoms with Gasteiger partial charge in [0.15, 0.2) is 5.82 Å². The number of fused-ring (bicyclic) bond motifs is 3. The summed E-state index contributed by atoms with van der Waals surface area (Å²) in [5.41, 5.74) is 2.89. The summed E-state index contributed by atoms with van der Waals surface area (Å²) in [5, 5.41) is 14.5. The normalized spacial score (nSPS) is 13.0. The molecule has 140 valence electrons. The van der Waals surface area contributed by atoms with E-state index >= 15 is 0 Å². The second-order valence-electron chi connectivity index (χ2n) is 6.48. The fraction of sp³-hybridized carbons (Fsp3) is 0.211. The van der Waals surface area contributed by atoms with E-state index in [4.69, 9.17) is 16.6 Å². The largest absolute Gasteiger partial charge is 0.276 e. The van der Waals surface area contributed by atoms with E-state index < -0.39 is 0 Å². The Morgan fingerprint density at radius 3 is 2.89 bits per heavy atom. The summed E-state index contributed by atoms with van der Waals surface area (Å²) >= 11 is 8.23. The van der Waals surface area contributed by atoms with Gasteiger partial charge in [-0.3, -0.25) is 14.2 Å². The van der Waals surface area contributed by atoms with Crippen molar-refractivity contribution in [3.05, 3.63) is 75.7 Å². The van der Waals surface area contributed by atoms with Gasteiger partial charge < -0.3 is 0 Å². The van der Waals surface area contributed by atoms with Gasteiger partial charge in [0.2, 0.25) is 0 Å². The van der Waals surface area contributed by atoms with Crippen molar-refractivity contribution in [3.63, 3.8) is 0 Å². The first-order chi connectivity index (χ1) is 13.7. The third kappa shape index (κ3) is 2.94. The van der Waals surface area contributed by atoms with Crippen LogP contribution in [-0.4, -0.2) is 35.2 Å². The summed E-state index contributed by atoms with van der Waals surface area (Å²) in [7, 11) is 0. The molecule has 9 heteroatoms. The molecule has 0 spiro atoms. The zero-order valence-electron chi connectivity index (χ0n) is 15.1. The molecule has 0 aliphatic carbocycles. The Bertz CT molecular complexity index is 1170. The molecule has 0 atom stereocenters. The predicted molar refractivity (Wildman–Crippen MR) is 108 cm³/mol. The average molecular weight is 410 g/mol. The number of aliphatic imine (C=N–C) groups is 1. The molecule has 3 aromatic heterocycles. The van der Waals surface area contributed by atoms with Crippen LogP contribution in [0.4, 0.5) is 0 Å². The summed E-state index contributed by atoms with van der Waals surface area (Å²) in [6, 6.07) is 10.0. The first kappa shape index (κ1) is 17.3. The fourth-order valence-electron chi connectivity index (χ4n) is 3.35. The second-order valence-corrected chi connectivity index (χ2v) is 8.01. The van der Waals surface area contributed by atoms with E-state index in [-0.39, 0.29) is 0 Å². The number of benzene rings is 1. The number of rotatable bonds is 4. The zero-order valence-corrected chi connectivity index (χ0v) is 16.7. The molecule has 0 saturated carbocycles. The van der Waals surface area contributed by atoms with E-state index in [1.54, 1.807) is 24.0 Å². The molecule has 0 fully saturated rings. The van der Waals surface area contributed by atoms with Crippen molar-refractivity contribution in [2.75, 3.05) is 0 Å². The summed E-state index contributed by atoms with van der Waals surface area (Å²) in [4.78, 5) is 10.1. The average Bonchev–Trinajstić information content (AvgIpc) is 3.41. The highest BCUT2D eigenvalue weighted by atomic mass is 35.5. The van der Waals surface area contributed by atoms with Crippen molar-refractivity contribution in [3.8, 4) is 5.00 Å². The van der Waals surface area contributed by atoms with Gasteiger partial charge in [-0.05, 0) is 19.1 Å². The molecule has 1 aromatic carbocycles. The quantitative estimate of drug-likeness (QED) is 0.517. The predicted octanol–water partition coefficient (Wildman–Crippen LogP) is 3.48. The third-order valence-electron chi connectivity index (χ3n) is 4.68. The van der Waals surface area contributed by atoms with Crippen LogP contribution in [0.3, 0.4) is 0 Å². The van der Waals surface area contributed by atoms with Crippen molar-refractivity contribution >= 4 is 28.6 Å². The van der Waals surface area contributed by atoms with E-state index in [0.717, 1.165) is 46.5 Å². The molecule has 4 aromatic rings. The van der Waals surface area contributed by atoms with E-state index in [1.165, 1.54) is 4.88 Å². The van der Waals surface area contributed by atoms with Crippen molar-refractivity contribution in [2.45, 2.75) is 26.4 Å². The van der Waals surface area contributed by atoms with Crippen LogP contribution in [0.15, 0.2) is 48.0 Å².